The van der Waals surface area contributed by atoms with Gasteiger partial charge in [0, 0.05) is 10.0 Å². The number of aromatic nitrogens is 2. The van der Waals surface area contributed by atoms with Crippen LogP contribution < -0.4 is 0 Å². The number of imidazole rings is 1. The first-order chi connectivity index (χ1) is 9.15. The highest BCUT2D eigenvalue weighted by Crippen LogP contribution is 2.48. The Morgan fingerprint density at radius 2 is 2.26 bits per heavy atom. The number of ether oxygens (including phenoxy) is 1. The van der Waals surface area contributed by atoms with Gasteiger partial charge in [-0.2, -0.15) is 0 Å². The van der Waals surface area contributed by atoms with Crippen LogP contribution in [0.1, 0.15) is 18.7 Å². The van der Waals surface area contributed by atoms with Gasteiger partial charge in [-0.25, -0.2) is 4.98 Å². The summed E-state index contributed by atoms with van der Waals surface area (Å²) in [7, 11) is 1.42. The topological polar surface area (TPSA) is 55.0 Å². The van der Waals surface area contributed by atoms with Crippen LogP contribution in [-0.2, 0) is 14.9 Å². The average molecular weight is 321 g/mol. The number of halogens is 1. The number of esters is 1. The third-order valence-electron chi connectivity index (χ3n) is 3.49. The van der Waals surface area contributed by atoms with Gasteiger partial charge in [0.05, 0.1) is 19.0 Å². The maximum atomic E-state index is 11.8. The van der Waals surface area contributed by atoms with Crippen molar-refractivity contribution in [1.29, 1.82) is 0 Å². The van der Waals surface area contributed by atoms with Gasteiger partial charge in [0.1, 0.15) is 11.2 Å². The largest absolute Gasteiger partial charge is 0.468 e. The minimum atomic E-state index is -0.543. The monoisotopic (exact) mass is 320 g/mol. The van der Waals surface area contributed by atoms with E-state index < -0.39 is 5.41 Å². The van der Waals surface area contributed by atoms with Crippen molar-refractivity contribution < 1.29 is 9.53 Å². The van der Waals surface area contributed by atoms with Gasteiger partial charge in [-0.15, -0.1) is 0 Å². The summed E-state index contributed by atoms with van der Waals surface area (Å²) in [6.07, 6.45) is 3.36. The summed E-state index contributed by atoms with van der Waals surface area (Å²) >= 11 is 3.44. The summed E-state index contributed by atoms with van der Waals surface area (Å²) in [5, 5.41) is 0. The van der Waals surface area contributed by atoms with Crippen molar-refractivity contribution in [2.24, 2.45) is 0 Å². The molecular weight excluding hydrogens is 308 g/mol. The Hall–Kier alpha value is -1.62. The predicted molar refractivity (Wildman–Crippen MR) is 74.7 cm³/mol. The number of aromatic amines is 1. The van der Waals surface area contributed by atoms with E-state index in [0.29, 0.717) is 5.82 Å². The zero-order valence-corrected chi connectivity index (χ0v) is 12.0. The fraction of sp³-hybridized carbons (Fsp3) is 0.286. The maximum absolute atomic E-state index is 11.8. The van der Waals surface area contributed by atoms with Crippen molar-refractivity contribution in [3.8, 4) is 11.3 Å². The van der Waals surface area contributed by atoms with E-state index >= 15 is 0 Å². The molecule has 0 spiro atoms. The van der Waals surface area contributed by atoms with Crippen LogP contribution in [0.3, 0.4) is 0 Å². The van der Waals surface area contributed by atoms with Crippen LogP contribution in [0, 0.1) is 0 Å². The minimum absolute atomic E-state index is 0.206. The van der Waals surface area contributed by atoms with Crippen molar-refractivity contribution in [3.05, 3.63) is 40.8 Å². The summed E-state index contributed by atoms with van der Waals surface area (Å²) in [5.41, 5.74) is 1.40. The van der Waals surface area contributed by atoms with Gasteiger partial charge in [-0.05, 0) is 25.0 Å². The zero-order chi connectivity index (χ0) is 13.5. The van der Waals surface area contributed by atoms with Crippen LogP contribution in [0.4, 0.5) is 0 Å². The molecule has 98 valence electrons. The second kappa shape index (κ2) is 4.49. The lowest BCUT2D eigenvalue weighted by molar-refractivity contribution is -0.143. The molecule has 0 amide bonds. The van der Waals surface area contributed by atoms with E-state index in [2.05, 4.69) is 25.9 Å². The molecule has 1 aliphatic rings. The SMILES string of the molecule is COC(=O)C1(c2ncc(-c3cccc(Br)c3)[nH]2)CC1. The van der Waals surface area contributed by atoms with Gasteiger partial charge in [0.2, 0.25) is 0 Å². The summed E-state index contributed by atoms with van der Waals surface area (Å²) in [4.78, 5) is 19.4. The zero-order valence-electron chi connectivity index (χ0n) is 10.4. The Morgan fingerprint density at radius 1 is 1.47 bits per heavy atom. The second-order valence-corrected chi connectivity index (χ2v) is 5.65. The molecular formula is C14H13BrN2O2. The van der Waals surface area contributed by atoms with Gasteiger partial charge in [-0.3, -0.25) is 4.79 Å². The number of carbonyl (C=O) groups excluding carboxylic acids is 1. The predicted octanol–water partition coefficient (Wildman–Crippen LogP) is 3.04. The van der Waals surface area contributed by atoms with Crippen LogP contribution in [-0.4, -0.2) is 23.0 Å². The summed E-state index contributed by atoms with van der Waals surface area (Å²) in [6.45, 7) is 0. The molecule has 0 saturated heterocycles. The Kier molecular flexibility index (Phi) is 2.93. The quantitative estimate of drug-likeness (QED) is 0.884. The van der Waals surface area contributed by atoms with E-state index in [0.717, 1.165) is 28.6 Å². The van der Waals surface area contributed by atoms with E-state index in [1.807, 2.05) is 24.3 Å². The van der Waals surface area contributed by atoms with Gasteiger partial charge in [-0.1, -0.05) is 28.1 Å². The van der Waals surface area contributed by atoms with Crippen molar-refractivity contribution >= 4 is 21.9 Å². The lowest BCUT2D eigenvalue weighted by Gasteiger charge is -2.08. The molecule has 1 aromatic carbocycles. The molecule has 0 bridgehead atoms. The molecule has 5 heteroatoms. The number of nitrogens with zero attached hydrogens (tertiary/aromatic N) is 1. The normalized spacial score (nSPS) is 16.1. The van der Waals surface area contributed by atoms with Crippen molar-refractivity contribution in [3.63, 3.8) is 0 Å². The number of carbonyl (C=O) groups is 1. The molecule has 0 atom stereocenters. The Morgan fingerprint density at radius 3 is 2.89 bits per heavy atom. The molecule has 19 heavy (non-hydrogen) atoms. The van der Waals surface area contributed by atoms with E-state index in [1.54, 1.807) is 6.20 Å². The highest BCUT2D eigenvalue weighted by molar-refractivity contribution is 9.10. The molecule has 4 nitrogen and oxygen atoms in total. The Labute approximate surface area is 119 Å². The van der Waals surface area contributed by atoms with Crippen molar-refractivity contribution in [2.75, 3.05) is 7.11 Å². The van der Waals surface area contributed by atoms with Crippen LogP contribution in [0.2, 0.25) is 0 Å². The van der Waals surface area contributed by atoms with E-state index in [9.17, 15) is 4.79 Å². The van der Waals surface area contributed by atoms with Gasteiger partial charge in [0.15, 0.2) is 0 Å². The molecule has 1 fully saturated rings. The van der Waals surface area contributed by atoms with Crippen LogP contribution in [0.5, 0.6) is 0 Å². The maximum Gasteiger partial charge on any atom is 0.319 e. The highest BCUT2D eigenvalue weighted by Gasteiger charge is 2.55. The number of hydrogen-bond acceptors (Lipinski definition) is 3. The Balaban J connectivity index is 1.94. The molecule has 1 heterocycles. The summed E-state index contributed by atoms with van der Waals surface area (Å²) in [6, 6.07) is 7.94. The second-order valence-electron chi connectivity index (χ2n) is 4.73. The molecule has 0 radical (unpaired) electrons. The highest BCUT2D eigenvalue weighted by atomic mass is 79.9. The van der Waals surface area contributed by atoms with Crippen molar-refractivity contribution in [1.82, 2.24) is 9.97 Å². The number of hydrogen-bond donors (Lipinski definition) is 1. The van der Waals surface area contributed by atoms with Crippen LogP contribution >= 0.6 is 15.9 Å². The van der Waals surface area contributed by atoms with Gasteiger partial charge < -0.3 is 9.72 Å². The molecule has 2 aromatic rings. The number of H-pyrrole nitrogens is 1. The smallest absolute Gasteiger partial charge is 0.319 e. The molecule has 0 aliphatic heterocycles. The summed E-state index contributed by atoms with van der Waals surface area (Å²) in [5.74, 6) is 0.497. The molecule has 1 N–H and O–H groups in total. The first-order valence-corrected chi connectivity index (χ1v) is 6.85. The van der Waals surface area contributed by atoms with E-state index in [1.165, 1.54) is 7.11 Å². The first-order valence-electron chi connectivity index (χ1n) is 6.05. The molecule has 3 rings (SSSR count). The fourth-order valence-corrected chi connectivity index (χ4v) is 2.62. The third-order valence-corrected chi connectivity index (χ3v) is 3.98. The van der Waals surface area contributed by atoms with Gasteiger partial charge in [0.25, 0.3) is 0 Å². The van der Waals surface area contributed by atoms with E-state index in [-0.39, 0.29) is 5.97 Å². The molecule has 1 saturated carbocycles. The van der Waals surface area contributed by atoms with E-state index in [4.69, 9.17) is 4.74 Å². The Bertz CT molecular complexity index is 632. The lowest BCUT2D eigenvalue weighted by Crippen LogP contribution is -2.23. The van der Waals surface area contributed by atoms with Crippen molar-refractivity contribution in [2.45, 2.75) is 18.3 Å². The summed E-state index contributed by atoms with van der Waals surface area (Å²) < 4.78 is 5.87. The lowest BCUT2D eigenvalue weighted by atomic mass is 10.1. The third kappa shape index (κ3) is 2.08. The number of nitrogens with one attached hydrogen (secondary N) is 1. The molecule has 1 aliphatic carbocycles. The van der Waals surface area contributed by atoms with Crippen LogP contribution in [0.25, 0.3) is 11.3 Å². The number of benzene rings is 1. The number of rotatable bonds is 3. The minimum Gasteiger partial charge on any atom is -0.468 e. The van der Waals surface area contributed by atoms with Crippen LogP contribution in [0.15, 0.2) is 34.9 Å². The molecule has 0 unspecified atom stereocenters. The standard InChI is InChI=1S/C14H13BrN2O2/c1-19-13(18)14(5-6-14)12-16-8-11(17-12)9-3-2-4-10(15)7-9/h2-4,7-8H,5-6H2,1H3,(H,16,17). The fourth-order valence-electron chi connectivity index (χ4n) is 2.23. The number of methoxy groups -OCH3 is 1. The molecule has 1 aromatic heterocycles. The van der Waals surface area contributed by atoms with Gasteiger partial charge >= 0.3 is 5.97 Å². The average Bonchev–Trinajstić information content (AvgIpc) is 3.08. The first kappa shape index (κ1) is 12.4.